The van der Waals surface area contributed by atoms with Crippen LogP contribution >= 0.6 is 11.3 Å². The molecule has 0 radical (unpaired) electrons. The smallest absolute Gasteiger partial charge is 0.165 e. The van der Waals surface area contributed by atoms with Gasteiger partial charge in [0.1, 0.15) is 5.82 Å². The summed E-state index contributed by atoms with van der Waals surface area (Å²) in [7, 11) is 0. The van der Waals surface area contributed by atoms with Crippen molar-refractivity contribution in [1.82, 2.24) is 24.5 Å². The largest absolute Gasteiger partial charge is 0.395 e. The number of nitrogens with zero attached hydrogens (tertiary/aromatic N) is 5. The van der Waals surface area contributed by atoms with Gasteiger partial charge in [-0.05, 0) is 56.1 Å². The lowest BCUT2D eigenvalue weighted by Crippen LogP contribution is -2.33. The average Bonchev–Trinajstić information content (AvgIpc) is 3.56. The standard InChI is InChI=1S/C26H32N6O2S/c1-4-31(5-2)18(3)8-9-23(34)19-15-22(29-25(16-19)27-11-13-33)20-17-28-32-12-10-21(30-26(20)32)24-7-6-14-35-24/h6-7,10,12,14-18,33H,4-5,8-9,11,13H2,1-3H3,(H,27,29)/t18-/m0/s1. The summed E-state index contributed by atoms with van der Waals surface area (Å²) in [4.78, 5) is 26.2. The van der Waals surface area contributed by atoms with Crippen molar-refractivity contribution in [3.05, 3.63) is 53.7 Å². The zero-order valence-corrected chi connectivity index (χ0v) is 21.3. The highest BCUT2D eigenvalue weighted by molar-refractivity contribution is 7.13. The van der Waals surface area contributed by atoms with E-state index >= 15 is 0 Å². The summed E-state index contributed by atoms with van der Waals surface area (Å²) >= 11 is 1.63. The molecule has 1 atom stereocenters. The van der Waals surface area contributed by atoms with Crippen molar-refractivity contribution in [3.63, 3.8) is 0 Å². The molecule has 0 aliphatic rings. The molecule has 8 nitrogen and oxygen atoms in total. The second kappa shape index (κ2) is 11.5. The molecule has 4 aromatic rings. The van der Waals surface area contributed by atoms with Crippen LogP contribution in [0.15, 0.2) is 48.1 Å². The van der Waals surface area contributed by atoms with E-state index in [1.165, 1.54) is 0 Å². The van der Waals surface area contributed by atoms with Crippen LogP contribution in [0.4, 0.5) is 5.82 Å². The summed E-state index contributed by atoms with van der Waals surface area (Å²) in [5.41, 5.74) is 3.51. The average molecular weight is 493 g/mol. The fraction of sp³-hybridized carbons (Fsp3) is 0.385. The van der Waals surface area contributed by atoms with Crippen molar-refractivity contribution in [2.24, 2.45) is 0 Å². The highest BCUT2D eigenvalue weighted by Gasteiger charge is 2.18. The van der Waals surface area contributed by atoms with Gasteiger partial charge in [-0.3, -0.25) is 4.79 Å². The molecule has 0 aromatic carbocycles. The summed E-state index contributed by atoms with van der Waals surface area (Å²) in [5.74, 6) is 0.619. The molecule has 0 aliphatic heterocycles. The third kappa shape index (κ3) is 5.75. The lowest BCUT2D eigenvalue weighted by atomic mass is 10.0. The van der Waals surface area contributed by atoms with E-state index in [1.807, 2.05) is 35.8 Å². The Kier molecular flexibility index (Phi) is 8.22. The molecular weight excluding hydrogens is 460 g/mol. The Hall–Kier alpha value is -3.14. The summed E-state index contributed by atoms with van der Waals surface area (Å²) in [6.45, 7) is 8.71. The van der Waals surface area contributed by atoms with Crippen LogP contribution in [0.1, 0.15) is 44.0 Å². The number of aliphatic hydroxyl groups excluding tert-OH is 1. The monoisotopic (exact) mass is 492 g/mol. The Morgan fingerprint density at radius 1 is 1.20 bits per heavy atom. The summed E-state index contributed by atoms with van der Waals surface area (Å²) < 4.78 is 1.72. The van der Waals surface area contributed by atoms with Gasteiger partial charge in [-0.1, -0.05) is 19.9 Å². The van der Waals surface area contributed by atoms with Crippen LogP contribution in [0.3, 0.4) is 0 Å². The number of nitrogens with one attached hydrogen (secondary N) is 1. The van der Waals surface area contributed by atoms with Crippen molar-refractivity contribution in [2.45, 2.75) is 39.7 Å². The topological polar surface area (TPSA) is 95.7 Å². The van der Waals surface area contributed by atoms with E-state index in [0.29, 0.717) is 41.7 Å². The van der Waals surface area contributed by atoms with Gasteiger partial charge in [0.15, 0.2) is 11.4 Å². The number of fused-ring (bicyclic) bond motifs is 1. The second-order valence-electron chi connectivity index (χ2n) is 8.43. The molecule has 2 N–H and O–H groups in total. The number of rotatable bonds is 12. The molecule has 0 saturated heterocycles. The molecule has 4 aromatic heterocycles. The fourth-order valence-electron chi connectivity index (χ4n) is 4.23. The van der Waals surface area contributed by atoms with E-state index in [9.17, 15) is 9.90 Å². The Bertz CT molecular complexity index is 1270. The van der Waals surface area contributed by atoms with Gasteiger partial charge >= 0.3 is 0 Å². The van der Waals surface area contributed by atoms with Crippen LogP contribution in [-0.2, 0) is 0 Å². The molecule has 4 rings (SSSR count). The van der Waals surface area contributed by atoms with Crippen molar-refractivity contribution in [3.8, 4) is 21.8 Å². The maximum atomic E-state index is 13.2. The number of Topliss-reactive ketones (excluding diaryl/α,β-unsaturated/α-hetero) is 1. The molecule has 0 bridgehead atoms. The van der Waals surface area contributed by atoms with E-state index in [2.05, 4.69) is 36.1 Å². The van der Waals surface area contributed by atoms with Crippen molar-refractivity contribution < 1.29 is 9.90 Å². The highest BCUT2D eigenvalue weighted by Crippen LogP contribution is 2.28. The molecule has 0 aliphatic carbocycles. The number of aliphatic hydroxyl groups is 1. The Balaban J connectivity index is 1.67. The molecule has 4 heterocycles. The number of carbonyl (C=O) groups excluding carboxylic acids is 1. The van der Waals surface area contributed by atoms with Crippen LogP contribution in [0.25, 0.3) is 27.5 Å². The maximum absolute atomic E-state index is 13.2. The van der Waals surface area contributed by atoms with E-state index < -0.39 is 0 Å². The number of anilines is 1. The Morgan fingerprint density at radius 2 is 2.03 bits per heavy atom. The first-order valence-electron chi connectivity index (χ1n) is 12.1. The third-order valence-corrected chi connectivity index (χ3v) is 7.10. The van der Waals surface area contributed by atoms with Crippen molar-refractivity contribution in [1.29, 1.82) is 0 Å². The molecule has 35 heavy (non-hydrogen) atoms. The molecule has 0 saturated carbocycles. The van der Waals surface area contributed by atoms with Crippen LogP contribution in [0.5, 0.6) is 0 Å². The van der Waals surface area contributed by atoms with Crippen LogP contribution in [0.2, 0.25) is 0 Å². The van der Waals surface area contributed by atoms with E-state index in [-0.39, 0.29) is 12.4 Å². The second-order valence-corrected chi connectivity index (χ2v) is 9.37. The predicted molar refractivity (Wildman–Crippen MR) is 141 cm³/mol. The number of aromatic nitrogens is 4. The normalized spacial score (nSPS) is 12.4. The molecule has 0 amide bonds. The molecule has 0 unspecified atom stereocenters. The number of pyridine rings is 1. The van der Waals surface area contributed by atoms with Gasteiger partial charge in [-0.2, -0.15) is 5.10 Å². The van der Waals surface area contributed by atoms with Gasteiger partial charge in [-0.25, -0.2) is 14.5 Å². The lowest BCUT2D eigenvalue weighted by Gasteiger charge is -2.26. The van der Waals surface area contributed by atoms with E-state index in [4.69, 9.17) is 9.97 Å². The minimum atomic E-state index is -0.0288. The number of thiophene rings is 1. The van der Waals surface area contributed by atoms with Gasteiger partial charge in [0.25, 0.3) is 0 Å². The number of carbonyl (C=O) groups is 1. The van der Waals surface area contributed by atoms with Gasteiger partial charge in [0.2, 0.25) is 0 Å². The minimum absolute atomic E-state index is 0.0288. The van der Waals surface area contributed by atoms with Gasteiger partial charge in [0.05, 0.1) is 34.6 Å². The highest BCUT2D eigenvalue weighted by atomic mass is 32.1. The zero-order valence-electron chi connectivity index (χ0n) is 20.4. The minimum Gasteiger partial charge on any atom is -0.395 e. The first kappa shape index (κ1) is 25.0. The first-order chi connectivity index (χ1) is 17.0. The molecule has 9 heteroatoms. The Morgan fingerprint density at radius 3 is 2.74 bits per heavy atom. The van der Waals surface area contributed by atoms with Crippen LogP contribution in [-0.4, -0.2) is 67.7 Å². The fourth-order valence-corrected chi connectivity index (χ4v) is 4.92. The molecule has 184 valence electrons. The third-order valence-electron chi connectivity index (χ3n) is 6.21. The number of hydrogen-bond acceptors (Lipinski definition) is 8. The van der Waals surface area contributed by atoms with Crippen molar-refractivity contribution >= 4 is 28.6 Å². The predicted octanol–water partition coefficient (Wildman–Crippen LogP) is 4.62. The molecular formula is C26H32N6O2S. The zero-order chi connectivity index (χ0) is 24.8. The van der Waals surface area contributed by atoms with Gasteiger partial charge < -0.3 is 15.3 Å². The van der Waals surface area contributed by atoms with E-state index in [1.54, 1.807) is 28.1 Å². The quantitative estimate of drug-likeness (QED) is 0.279. The summed E-state index contributed by atoms with van der Waals surface area (Å²) in [6, 6.07) is 9.90. The van der Waals surface area contributed by atoms with Gasteiger partial charge in [0, 0.05) is 30.8 Å². The van der Waals surface area contributed by atoms with Crippen LogP contribution in [0, 0.1) is 0 Å². The number of hydrogen-bond donors (Lipinski definition) is 2. The first-order valence-corrected chi connectivity index (χ1v) is 12.9. The summed E-state index contributed by atoms with van der Waals surface area (Å²) in [5, 5.41) is 18.9. The van der Waals surface area contributed by atoms with Crippen LogP contribution < -0.4 is 5.32 Å². The summed E-state index contributed by atoms with van der Waals surface area (Å²) in [6.07, 6.45) is 4.86. The van der Waals surface area contributed by atoms with Gasteiger partial charge in [-0.15, -0.1) is 11.3 Å². The van der Waals surface area contributed by atoms with E-state index in [0.717, 1.165) is 35.6 Å². The van der Waals surface area contributed by atoms with Crippen molar-refractivity contribution in [2.75, 3.05) is 31.6 Å². The lowest BCUT2D eigenvalue weighted by molar-refractivity contribution is 0.0964. The number of ketones is 1. The molecule has 0 spiro atoms. The Labute approximate surface area is 209 Å². The maximum Gasteiger partial charge on any atom is 0.165 e. The SMILES string of the molecule is CCN(CC)[C@@H](C)CCC(=O)c1cc(NCCO)nc(-c2cnn3ccc(-c4cccs4)nc23)c1. The molecule has 0 fully saturated rings.